The van der Waals surface area contributed by atoms with Gasteiger partial charge in [-0.3, -0.25) is 4.57 Å². The van der Waals surface area contributed by atoms with Gasteiger partial charge in [0.05, 0.1) is 12.2 Å². The number of carbonyl (C=O) groups is 2. The average Bonchev–Trinajstić information content (AvgIpc) is 2.76. The van der Waals surface area contributed by atoms with Crippen LogP contribution in [0, 0.1) is 5.82 Å². The van der Waals surface area contributed by atoms with Crippen molar-refractivity contribution >= 4 is 18.0 Å². The maximum atomic E-state index is 15.2. The summed E-state index contributed by atoms with van der Waals surface area (Å²) in [6.45, 7) is 10.7. The van der Waals surface area contributed by atoms with Crippen LogP contribution in [0.25, 0.3) is 5.69 Å². The van der Waals surface area contributed by atoms with Gasteiger partial charge in [0.25, 0.3) is 0 Å². The highest BCUT2D eigenvalue weighted by atomic mass is 19.1. The van der Waals surface area contributed by atoms with Gasteiger partial charge in [0.1, 0.15) is 22.8 Å². The summed E-state index contributed by atoms with van der Waals surface area (Å²) in [7, 11) is 0. The molecule has 38 heavy (non-hydrogen) atoms. The van der Waals surface area contributed by atoms with Gasteiger partial charge in [0.15, 0.2) is 0 Å². The zero-order chi connectivity index (χ0) is 28.3. The lowest BCUT2D eigenvalue weighted by Crippen LogP contribution is -2.48. The van der Waals surface area contributed by atoms with Crippen LogP contribution in [0.2, 0.25) is 0 Å². The standard InChI is InChI=1S/C27H38FN5O5/c1-26(2,3)37-24(35)30-18-8-11-19(12-9-18)33(25(36)38-27(4,5)6)16-17-7-10-20(15-21(17)28)32-14-13-22(29)31-23(32)34/h7,10,13-15,18-19H,8-9,11-12,16H2,1-6H3,(H,30,35)(H2,29,31,34)/t18-,19-. The molecule has 0 radical (unpaired) electrons. The van der Waals surface area contributed by atoms with Crippen molar-refractivity contribution in [3.8, 4) is 5.69 Å². The van der Waals surface area contributed by atoms with E-state index in [4.69, 9.17) is 15.2 Å². The lowest BCUT2D eigenvalue weighted by atomic mass is 9.90. The number of alkyl carbamates (subject to hydrolysis) is 1. The molecule has 1 aliphatic rings. The number of amides is 2. The van der Waals surface area contributed by atoms with Crippen LogP contribution < -0.4 is 16.7 Å². The Kier molecular flexibility index (Phi) is 8.68. The summed E-state index contributed by atoms with van der Waals surface area (Å²) in [4.78, 5) is 42.7. The Labute approximate surface area is 222 Å². The number of hydrogen-bond acceptors (Lipinski definition) is 7. The van der Waals surface area contributed by atoms with E-state index in [1.807, 2.05) is 0 Å². The minimum Gasteiger partial charge on any atom is -0.444 e. The first-order chi connectivity index (χ1) is 17.6. The highest BCUT2D eigenvalue weighted by molar-refractivity contribution is 5.69. The number of carbonyl (C=O) groups excluding carboxylic acids is 2. The molecule has 1 aliphatic carbocycles. The van der Waals surface area contributed by atoms with Crippen molar-refractivity contribution in [2.75, 3.05) is 5.73 Å². The quantitative estimate of drug-likeness (QED) is 0.580. The molecule has 3 N–H and O–H groups in total. The first kappa shape index (κ1) is 28.9. The van der Waals surface area contributed by atoms with Crippen molar-refractivity contribution in [2.24, 2.45) is 0 Å². The zero-order valence-electron chi connectivity index (χ0n) is 22.9. The van der Waals surface area contributed by atoms with E-state index in [-0.39, 0.29) is 30.0 Å². The van der Waals surface area contributed by atoms with Crippen LogP contribution in [-0.2, 0) is 16.0 Å². The average molecular weight is 532 g/mol. The zero-order valence-corrected chi connectivity index (χ0v) is 22.9. The fourth-order valence-corrected chi connectivity index (χ4v) is 4.28. The lowest BCUT2D eigenvalue weighted by molar-refractivity contribution is 0.00772. The summed E-state index contributed by atoms with van der Waals surface area (Å²) in [5.41, 5.74) is 4.18. The van der Waals surface area contributed by atoms with Crippen molar-refractivity contribution < 1.29 is 23.5 Å². The van der Waals surface area contributed by atoms with Gasteiger partial charge in [-0.25, -0.2) is 18.8 Å². The van der Waals surface area contributed by atoms with E-state index < -0.39 is 34.9 Å². The maximum absolute atomic E-state index is 15.2. The summed E-state index contributed by atoms with van der Waals surface area (Å²) >= 11 is 0. The molecule has 0 bridgehead atoms. The van der Waals surface area contributed by atoms with E-state index in [1.165, 1.54) is 22.9 Å². The molecule has 3 rings (SSSR count). The number of nitrogen functional groups attached to an aromatic ring is 1. The molecule has 1 aromatic heterocycles. The number of nitrogens with two attached hydrogens (primary N) is 1. The van der Waals surface area contributed by atoms with Crippen molar-refractivity contribution in [1.29, 1.82) is 0 Å². The molecule has 0 spiro atoms. The Morgan fingerprint density at radius 3 is 2.26 bits per heavy atom. The highest BCUT2D eigenvalue weighted by Gasteiger charge is 2.33. The monoisotopic (exact) mass is 531 g/mol. The van der Waals surface area contributed by atoms with Crippen LogP contribution in [0.5, 0.6) is 0 Å². The molecule has 208 valence electrons. The predicted octanol–water partition coefficient (Wildman–Crippen LogP) is 4.53. The number of anilines is 1. The minimum absolute atomic E-state index is 0.00919. The van der Waals surface area contributed by atoms with Crippen molar-refractivity contribution in [2.45, 2.75) is 97.1 Å². The molecular formula is C27H38FN5O5. The van der Waals surface area contributed by atoms with Crippen LogP contribution in [0.3, 0.4) is 0 Å². The fourth-order valence-electron chi connectivity index (χ4n) is 4.28. The van der Waals surface area contributed by atoms with E-state index >= 15 is 4.39 Å². The smallest absolute Gasteiger partial charge is 0.410 e. The van der Waals surface area contributed by atoms with Gasteiger partial charge >= 0.3 is 17.9 Å². The number of aromatic nitrogens is 2. The van der Waals surface area contributed by atoms with Crippen molar-refractivity contribution in [3.63, 3.8) is 0 Å². The first-order valence-corrected chi connectivity index (χ1v) is 12.7. The number of rotatable bonds is 5. The summed E-state index contributed by atoms with van der Waals surface area (Å²) in [6.07, 6.45) is 2.90. The third kappa shape index (κ3) is 8.19. The fraction of sp³-hybridized carbons (Fsp3) is 0.556. The van der Waals surface area contributed by atoms with Gasteiger partial charge in [0, 0.05) is 23.8 Å². The van der Waals surface area contributed by atoms with Crippen LogP contribution >= 0.6 is 0 Å². The molecule has 0 atom stereocenters. The van der Waals surface area contributed by atoms with Gasteiger partial charge < -0.3 is 25.4 Å². The summed E-state index contributed by atoms with van der Waals surface area (Å²) in [5, 5.41) is 2.89. The molecule has 1 fully saturated rings. The van der Waals surface area contributed by atoms with E-state index in [0.29, 0.717) is 31.4 Å². The van der Waals surface area contributed by atoms with Crippen LogP contribution in [0.4, 0.5) is 19.8 Å². The van der Waals surface area contributed by atoms with E-state index in [2.05, 4.69) is 10.3 Å². The molecule has 0 aliphatic heterocycles. The summed E-state index contributed by atoms with van der Waals surface area (Å²) in [6, 6.07) is 5.52. The van der Waals surface area contributed by atoms with Crippen LogP contribution in [0.1, 0.15) is 72.8 Å². The Hall–Kier alpha value is -3.63. The van der Waals surface area contributed by atoms with Crippen molar-refractivity contribution in [3.05, 3.63) is 52.3 Å². The van der Waals surface area contributed by atoms with Crippen molar-refractivity contribution in [1.82, 2.24) is 19.8 Å². The molecule has 1 heterocycles. The first-order valence-electron chi connectivity index (χ1n) is 12.7. The summed E-state index contributed by atoms with van der Waals surface area (Å²) < 4.78 is 27.4. The Morgan fingerprint density at radius 2 is 1.71 bits per heavy atom. The highest BCUT2D eigenvalue weighted by Crippen LogP contribution is 2.28. The number of benzene rings is 1. The van der Waals surface area contributed by atoms with E-state index in [1.54, 1.807) is 58.6 Å². The lowest BCUT2D eigenvalue weighted by Gasteiger charge is -2.38. The molecular weight excluding hydrogens is 493 g/mol. The van der Waals surface area contributed by atoms with Gasteiger partial charge in [0.2, 0.25) is 0 Å². The SMILES string of the molecule is CC(C)(C)OC(=O)N[C@H]1CC[C@H](N(Cc2ccc(-n3ccc(N)nc3=O)cc2F)C(=O)OC(C)(C)C)CC1. The number of hydrogen-bond donors (Lipinski definition) is 2. The Balaban J connectivity index is 1.75. The summed E-state index contributed by atoms with van der Waals surface area (Å²) in [5.74, 6) is -0.493. The van der Waals surface area contributed by atoms with Gasteiger partial charge in [-0.2, -0.15) is 4.98 Å². The molecule has 2 aromatic rings. The molecule has 1 saturated carbocycles. The molecule has 10 nitrogen and oxygen atoms in total. The Bertz CT molecular complexity index is 1210. The number of nitrogens with zero attached hydrogens (tertiary/aromatic N) is 3. The third-order valence-electron chi connectivity index (χ3n) is 5.97. The minimum atomic E-state index is -0.726. The number of nitrogens with one attached hydrogen (secondary N) is 1. The van der Waals surface area contributed by atoms with Gasteiger partial charge in [-0.15, -0.1) is 0 Å². The maximum Gasteiger partial charge on any atom is 0.410 e. The predicted molar refractivity (Wildman–Crippen MR) is 141 cm³/mol. The van der Waals surface area contributed by atoms with E-state index in [9.17, 15) is 14.4 Å². The largest absolute Gasteiger partial charge is 0.444 e. The topological polar surface area (TPSA) is 129 Å². The number of halogens is 1. The second-order valence-corrected chi connectivity index (χ2v) is 11.5. The molecule has 11 heteroatoms. The van der Waals surface area contributed by atoms with Gasteiger partial charge in [-0.05, 0) is 85.4 Å². The second-order valence-electron chi connectivity index (χ2n) is 11.5. The molecule has 0 saturated heterocycles. The third-order valence-corrected chi connectivity index (χ3v) is 5.97. The Morgan fingerprint density at radius 1 is 1.08 bits per heavy atom. The second kappa shape index (κ2) is 11.4. The molecule has 0 unspecified atom stereocenters. The molecule has 2 amide bonds. The van der Waals surface area contributed by atoms with E-state index in [0.717, 1.165) is 0 Å². The molecule has 1 aromatic carbocycles. The number of ether oxygens (including phenoxy) is 2. The van der Waals surface area contributed by atoms with Crippen LogP contribution in [-0.4, -0.2) is 49.9 Å². The normalized spacial score (nSPS) is 18.0. The van der Waals surface area contributed by atoms with Gasteiger partial charge in [-0.1, -0.05) is 6.07 Å². The van der Waals surface area contributed by atoms with Crippen LogP contribution in [0.15, 0.2) is 35.3 Å².